The summed E-state index contributed by atoms with van der Waals surface area (Å²) < 4.78 is 8.35. The average Bonchev–Trinajstić information content (AvgIpc) is 3.28. The molecule has 0 spiro atoms. The van der Waals surface area contributed by atoms with Crippen LogP contribution in [0.4, 0.5) is 0 Å². The summed E-state index contributed by atoms with van der Waals surface area (Å²) in [6.07, 6.45) is 8.23. The fourth-order valence-electron chi connectivity index (χ4n) is 4.56. The Bertz CT molecular complexity index is 1360. The van der Waals surface area contributed by atoms with E-state index >= 15 is 0 Å². The Morgan fingerprint density at radius 3 is 2.50 bits per heavy atom. The van der Waals surface area contributed by atoms with Crippen LogP contribution in [-0.4, -0.2) is 28.6 Å². The van der Waals surface area contributed by atoms with Crippen LogP contribution in [0.5, 0.6) is 5.75 Å². The normalized spacial score (nSPS) is 11.3. The van der Waals surface area contributed by atoms with Crippen molar-refractivity contribution in [2.75, 3.05) is 13.2 Å². The smallest absolute Gasteiger partial charge is 0.243 e. The van der Waals surface area contributed by atoms with Gasteiger partial charge < -0.3 is 14.6 Å². The van der Waals surface area contributed by atoms with Crippen LogP contribution in [0.15, 0.2) is 72.8 Å². The highest BCUT2D eigenvalue weighted by Gasteiger charge is 2.10. The molecule has 0 radical (unpaired) electrons. The zero-order chi connectivity index (χ0) is 26.7. The second kappa shape index (κ2) is 13.8. The van der Waals surface area contributed by atoms with Gasteiger partial charge >= 0.3 is 0 Å². The van der Waals surface area contributed by atoms with Gasteiger partial charge in [0.1, 0.15) is 11.6 Å². The van der Waals surface area contributed by atoms with Crippen LogP contribution in [0.25, 0.3) is 17.1 Å². The van der Waals surface area contributed by atoms with Crippen LogP contribution in [-0.2, 0) is 17.8 Å². The van der Waals surface area contributed by atoms with Crippen molar-refractivity contribution in [1.82, 2.24) is 14.9 Å². The van der Waals surface area contributed by atoms with Gasteiger partial charge in [0.05, 0.1) is 17.6 Å². The minimum absolute atomic E-state index is 0.0539. The maximum atomic E-state index is 12.1. The van der Waals surface area contributed by atoms with E-state index in [2.05, 4.69) is 28.1 Å². The Morgan fingerprint density at radius 1 is 0.974 bits per heavy atom. The molecule has 6 heteroatoms. The van der Waals surface area contributed by atoms with Crippen LogP contribution < -0.4 is 10.1 Å². The fraction of sp³-hybridized carbons (Fsp3) is 0.312. The summed E-state index contributed by atoms with van der Waals surface area (Å²) in [4.78, 5) is 17.0. The van der Waals surface area contributed by atoms with Gasteiger partial charge in [-0.1, -0.05) is 60.5 Å². The SMILES string of the molecule is Cc1cc(OCCCn2c(CCCCCNC(=O)/C=C/c3ccccc3)nc3ccccc32)cc(C)c1Cl. The molecule has 0 bridgehead atoms. The summed E-state index contributed by atoms with van der Waals surface area (Å²) in [6.45, 7) is 6.16. The van der Waals surface area contributed by atoms with Crippen LogP contribution in [0.1, 0.15) is 48.2 Å². The topological polar surface area (TPSA) is 56.1 Å². The molecule has 4 rings (SSSR count). The molecule has 4 aromatic rings. The number of para-hydroxylation sites is 2. The van der Waals surface area contributed by atoms with E-state index < -0.39 is 0 Å². The van der Waals surface area contributed by atoms with Gasteiger partial charge in [0.25, 0.3) is 0 Å². The summed E-state index contributed by atoms with van der Waals surface area (Å²) in [6, 6.07) is 22.1. The van der Waals surface area contributed by atoms with Crippen molar-refractivity contribution in [3.63, 3.8) is 0 Å². The van der Waals surface area contributed by atoms with E-state index in [9.17, 15) is 4.79 Å². The monoisotopic (exact) mass is 529 g/mol. The molecule has 38 heavy (non-hydrogen) atoms. The van der Waals surface area contributed by atoms with Crippen molar-refractivity contribution < 1.29 is 9.53 Å². The number of rotatable bonds is 13. The Kier molecular flexibility index (Phi) is 9.99. The molecular weight excluding hydrogens is 494 g/mol. The predicted molar refractivity (Wildman–Crippen MR) is 157 cm³/mol. The first-order chi connectivity index (χ1) is 18.5. The molecule has 0 atom stereocenters. The molecule has 0 saturated heterocycles. The lowest BCUT2D eigenvalue weighted by molar-refractivity contribution is -0.116. The average molecular weight is 530 g/mol. The van der Waals surface area contributed by atoms with Gasteiger partial charge in [0, 0.05) is 30.6 Å². The highest BCUT2D eigenvalue weighted by atomic mass is 35.5. The van der Waals surface area contributed by atoms with E-state index in [-0.39, 0.29) is 5.91 Å². The van der Waals surface area contributed by atoms with Crippen molar-refractivity contribution >= 4 is 34.6 Å². The summed E-state index contributed by atoms with van der Waals surface area (Å²) in [5.41, 5.74) is 5.29. The third-order valence-corrected chi connectivity index (χ3v) is 7.14. The molecule has 1 amide bonds. The summed E-state index contributed by atoms with van der Waals surface area (Å²) in [7, 11) is 0. The lowest BCUT2D eigenvalue weighted by Crippen LogP contribution is -2.22. The largest absolute Gasteiger partial charge is 0.494 e. The molecule has 0 unspecified atom stereocenters. The van der Waals surface area contributed by atoms with Gasteiger partial charge in [-0.3, -0.25) is 4.79 Å². The molecule has 198 valence electrons. The van der Waals surface area contributed by atoms with Gasteiger partial charge in [0.15, 0.2) is 0 Å². The molecule has 3 aromatic carbocycles. The van der Waals surface area contributed by atoms with Gasteiger partial charge in [-0.15, -0.1) is 0 Å². The number of ether oxygens (including phenoxy) is 1. The number of halogens is 1. The number of nitrogens with one attached hydrogen (secondary N) is 1. The lowest BCUT2D eigenvalue weighted by Gasteiger charge is -2.12. The molecular formula is C32H36ClN3O2. The van der Waals surface area contributed by atoms with Crippen molar-refractivity contribution in [2.45, 2.75) is 52.5 Å². The molecule has 1 aromatic heterocycles. The summed E-state index contributed by atoms with van der Waals surface area (Å²) >= 11 is 6.28. The first-order valence-corrected chi connectivity index (χ1v) is 13.7. The van der Waals surface area contributed by atoms with Crippen molar-refractivity contribution in [3.8, 4) is 5.75 Å². The van der Waals surface area contributed by atoms with Crippen LogP contribution in [0, 0.1) is 13.8 Å². The quantitative estimate of drug-likeness (QED) is 0.146. The number of fused-ring (bicyclic) bond motifs is 1. The first kappa shape index (κ1) is 27.5. The van der Waals surface area contributed by atoms with Crippen LogP contribution in [0.2, 0.25) is 5.02 Å². The number of aromatic nitrogens is 2. The van der Waals surface area contributed by atoms with Crippen molar-refractivity contribution in [1.29, 1.82) is 0 Å². The number of carbonyl (C=O) groups is 1. The molecule has 0 aliphatic rings. The van der Waals surface area contributed by atoms with Gasteiger partial charge in [0.2, 0.25) is 5.91 Å². The number of carbonyl (C=O) groups excluding carboxylic acids is 1. The minimum atomic E-state index is -0.0539. The molecule has 0 aliphatic heterocycles. The van der Waals surface area contributed by atoms with Crippen LogP contribution in [0.3, 0.4) is 0 Å². The van der Waals surface area contributed by atoms with E-state index in [1.165, 1.54) is 0 Å². The molecule has 0 fully saturated rings. The van der Waals surface area contributed by atoms with Crippen molar-refractivity contribution in [2.24, 2.45) is 0 Å². The second-order valence-corrected chi connectivity index (χ2v) is 9.97. The minimum Gasteiger partial charge on any atom is -0.494 e. The highest BCUT2D eigenvalue weighted by Crippen LogP contribution is 2.26. The number of amides is 1. The van der Waals surface area contributed by atoms with Gasteiger partial charge in [-0.2, -0.15) is 0 Å². The maximum Gasteiger partial charge on any atom is 0.243 e. The number of nitrogens with zero attached hydrogens (tertiary/aromatic N) is 2. The second-order valence-electron chi connectivity index (χ2n) is 9.59. The highest BCUT2D eigenvalue weighted by molar-refractivity contribution is 6.32. The van der Waals surface area contributed by atoms with Crippen LogP contribution >= 0.6 is 11.6 Å². The number of unbranched alkanes of at least 4 members (excludes halogenated alkanes) is 2. The zero-order valence-electron chi connectivity index (χ0n) is 22.3. The van der Waals surface area contributed by atoms with E-state index in [0.717, 1.165) is 83.0 Å². The predicted octanol–water partition coefficient (Wildman–Crippen LogP) is 7.32. The Hall–Kier alpha value is -3.57. The lowest BCUT2D eigenvalue weighted by atomic mass is 10.1. The Morgan fingerprint density at radius 2 is 1.71 bits per heavy atom. The molecule has 0 aliphatic carbocycles. The summed E-state index contributed by atoms with van der Waals surface area (Å²) in [5.74, 6) is 1.92. The molecule has 0 saturated carbocycles. The molecule has 5 nitrogen and oxygen atoms in total. The van der Waals surface area contributed by atoms with E-state index in [0.29, 0.717) is 13.2 Å². The fourth-order valence-corrected chi connectivity index (χ4v) is 4.67. The first-order valence-electron chi connectivity index (χ1n) is 13.4. The molecule has 1 heterocycles. The standard InChI is InChI=1S/C32H36ClN3O2/c1-24-22-27(23-25(2)32(24)33)38-21-11-20-36-29-15-9-8-14-28(29)35-30(36)16-7-4-10-19-34-31(37)18-17-26-12-5-3-6-13-26/h3,5-6,8-9,12-15,17-18,22-23H,4,7,10-11,16,19-21H2,1-2H3,(H,34,37)/b18-17+. The molecule has 1 N–H and O–H groups in total. The third kappa shape index (κ3) is 7.72. The van der Waals surface area contributed by atoms with E-state index in [4.69, 9.17) is 21.3 Å². The zero-order valence-corrected chi connectivity index (χ0v) is 23.0. The van der Waals surface area contributed by atoms with Gasteiger partial charge in [-0.05, 0) is 80.1 Å². The maximum absolute atomic E-state index is 12.1. The summed E-state index contributed by atoms with van der Waals surface area (Å²) in [5, 5.41) is 3.77. The Balaban J connectivity index is 1.23. The Labute approximate surface area is 230 Å². The van der Waals surface area contributed by atoms with E-state index in [1.54, 1.807) is 6.08 Å². The number of hydrogen-bond acceptors (Lipinski definition) is 3. The van der Waals surface area contributed by atoms with E-state index in [1.807, 2.05) is 68.5 Å². The van der Waals surface area contributed by atoms with Crippen molar-refractivity contribution in [3.05, 3.63) is 100 Å². The number of hydrogen-bond donors (Lipinski definition) is 1. The third-order valence-electron chi connectivity index (χ3n) is 6.54. The number of imidazole rings is 1. The number of benzene rings is 3. The number of aryl methyl sites for hydroxylation is 4. The van der Waals surface area contributed by atoms with Gasteiger partial charge in [-0.25, -0.2) is 4.98 Å².